The Bertz CT molecular complexity index is 2150. The Kier molecular flexibility index (Phi) is 15.0. The third kappa shape index (κ3) is 9.36. The zero-order valence-electron chi connectivity index (χ0n) is 31.0. The minimum Gasteiger partial charge on any atom is -0.503 e. The molecule has 54 heavy (non-hydrogen) atoms. The van der Waals surface area contributed by atoms with Gasteiger partial charge in [0.25, 0.3) is 0 Å². The summed E-state index contributed by atoms with van der Waals surface area (Å²) in [5.74, 6) is 11.8. The van der Waals surface area contributed by atoms with Crippen LogP contribution in [0.2, 0.25) is 0 Å². The molecule has 0 bridgehead atoms. The monoisotopic (exact) mass is 738 g/mol. The molecule has 0 saturated heterocycles. The number of aldehydes is 2. The van der Waals surface area contributed by atoms with Crippen LogP contribution in [-0.4, -0.2) is 63.6 Å². The second-order valence-electron chi connectivity index (χ2n) is 11.6. The highest BCUT2D eigenvalue weighted by atomic mass is 19.2. The number of carbonyl (C=O) groups is 3. The highest BCUT2D eigenvalue weighted by Crippen LogP contribution is 2.30. The molecule has 0 aliphatic heterocycles. The van der Waals surface area contributed by atoms with E-state index in [9.17, 15) is 23.0 Å². The molecule has 0 unspecified atom stereocenters. The van der Waals surface area contributed by atoms with E-state index in [2.05, 4.69) is 33.6 Å². The van der Waals surface area contributed by atoms with Crippen LogP contribution in [0.3, 0.4) is 0 Å². The van der Waals surface area contributed by atoms with Crippen molar-refractivity contribution in [2.75, 3.05) is 27.8 Å². The van der Waals surface area contributed by atoms with Gasteiger partial charge < -0.3 is 33.6 Å². The van der Waals surface area contributed by atoms with Gasteiger partial charge in [0.15, 0.2) is 26.2 Å². The number of allylic oxidation sites excluding steroid dienone is 1. The van der Waals surface area contributed by atoms with Gasteiger partial charge in [-0.15, -0.1) is 0 Å². The van der Waals surface area contributed by atoms with E-state index >= 15 is 0 Å². The predicted molar refractivity (Wildman–Crippen MR) is 201 cm³/mol. The molecule has 0 atom stereocenters. The first-order chi connectivity index (χ1) is 26.2. The number of nitrogens with one attached hydrogen (secondary N) is 2. The molecule has 2 N–H and O–H groups in total. The fraction of sp³-hybridized carbons (Fsp3) is 0.293. The largest absolute Gasteiger partial charge is 0.796 e. The number of hydrogen-bond acceptors (Lipinski definition) is 8. The first kappa shape index (κ1) is 40.9. The van der Waals surface area contributed by atoms with Crippen molar-refractivity contribution in [3.8, 4) is 35.2 Å². The Labute approximate surface area is 313 Å². The molecule has 10 nitrogen and oxygen atoms in total. The highest BCUT2D eigenvalue weighted by molar-refractivity contribution is 6.36. The molecule has 2 heterocycles. The van der Waals surface area contributed by atoms with E-state index in [1.165, 1.54) is 14.2 Å². The standard InChI is InChI=1S/C41H41BF2N2O8/c1-7-30-32(9-3)38(45-34(30)19-17-26-13-11-15-28(22-47)40(26)52-24-50-5)36(49)21-37(54-42(43)44)39-33(10-4)31(8-2)35(46-39)20-18-27-14-12-16-29(23-48)41(27)53-25-51-6/h11-16,21-23,45-46H,7-10,24-25H2,1-6H3/b37-21-. The lowest BCUT2D eigenvalue weighted by Crippen LogP contribution is -2.09. The second kappa shape index (κ2) is 19.8. The maximum atomic E-state index is 14.0. The van der Waals surface area contributed by atoms with Crippen molar-refractivity contribution in [3.05, 3.63) is 110 Å². The van der Waals surface area contributed by atoms with Gasteiger partial charge >= 0.3 is 7.47 Å². The highest BCUT2D eigenvalue weighted by Gasteiger charge is 2.27. The van der Waals surface area contributed by atoms with Crippen molar-refractivity contribution in [1.82, 2.24) is 9.97 Å². The summed E-state index contributed by atoms with van der Waals surface area (Å²) in [6.07, 6.45) is 4.25. The van der Waals surface area contributed by atoms with Crippen LogP contribution in [0.1, 0.15) is 109 Å². The minimum atomic E-state index is -3.23. The topological polar surface area (TPSA) is 129 Å². The Balaban J connectivity index is 1.82. The van der Waals surface area contributed by atoms with Crippen LogP contribution in [-0.2, 0) is 39.8 Å². The van der Waals surface area contributed by atoms with Crippen LogP contribution >= 0.6 is 0 Å². The summed E-state index contributed by atoms with van der Waals surface area (Å²) in [5.41, 5.74) is 5.61. The van der Waals surface area contributed by atoms with Gasteiger partial charge in [0.1, 0.15) is 17.3 Å². The first-order valence-electron chi connectivity index (χ1n) is 17.3. The summed E-state index contributed by atoms with van der Waals surface area (Å²) in [6.45, 7) is 7.38. The fourth-order valence-corrected chi connectivity index (χ4v) is 6.11. The van der Waals surface area contributed by atoms with E-state index < -0.39 is 13.3 Å². The van der Waals surface area contributed by atoms with Gasteiger partial charge in [0.2, 0.25) is 5.78 Å². The zero-order chi connectivity index (χ0) is 39.2. The van der Waals surface area contributed by atoms with E-state index in [-0.39, 0.29) is 47.8 Å². The average Bonchev–Trinajstić information content (AvgIpc) is 3.74. The molecule has 280 valence electrons. The van der Waals surface area contributed by atoms with Gasteiger partial charge in [-0.25, -0.2) is 8.63 Å². The molecule has 0 aliphatic rings. The molecule has 4 rings (SSSR count). The van der Waals surface area contributed by atoms with E-state index in [1.54, 1.807) is 36.4 Å². The molecular weight excluding hydrogens is 697 g/mol. The number of ketones is 1. The number of aromatic amines is 2. The Morgan fingerprint density at radius 2 is 1.13 bits per heavy atom. The summed E-state index contributed by atoms with van der Waals surface area (Å²) in [5, 5.41) is 0. The number of ether oxygens (including phenoxy) is 4. The number of halogens is 2. The second-order valence-corrected chi connectivity index (χ2v) is 11.6. The number of benzene rings is 2. The van der Waals surface area contributed by atoms with Gasteiger partial charge in [-0.2, -0.15) is 0 Å². The van der Waals surface area contributed by atoms with Crippen molar-refractivity contribution in [3.63, 3.8) is 0 Å². The molecule has 13 heteroatoms. The number of hydrogen-bond donors (Lipinski definition) is 2. The van der Waals surface area contributed by atoms with E-state index in [4.69, 9.17) is 23.6 Å². The Morgan fingerprint density at radius 3 is 1.54 bits per heavy atom. The number of aromatic nitrogens is 2. The number of H-pyrrole nitrogens is 2. The third-order valence-corrected chi connectivity index (χ3v) is 8.45. The molecule has 0 aliphatic carbocycles. The zero-order valence-corrected chi connectivity index (χ0v) is 31.0. The fourth-order valence-electron chi connectivity index (χ4n) is 6.11. The van der Waals surface area contributed by atoms with Crippen molar-refractivity contribution in [2.24, 2.45) is 0 Å². The van der Waals surface area contributed by atoms with Crippen molar-refractivity contribution in [1.29, 1.82) is 0 Å². The molecule has 0 radical (unpaired) electrons. The van der Waals surface area contributed by atoms with E-state index in [0.29, 0.717) is 77.5 Å². The Hall–Kier alpha value is -5.89. The normalized spacial score (nSPS) is 10.9. The van der Waals surface area contributed by atoms with Crippen LogP contribution in [0.15, 0.2) is 42.5 Å². The summed E-state index contributed by atoms with van der Waals surface area (Å²) < 4.78 is 54.3. The van der Waals surface area contributed by atoms with Crippen LogP contribution in [0, 0.1) is 23.7 Å². The first-order valence-corrected chi connectivity index (χ1v) is 17.3. The molecule has 2 aromatic heterocycles. The van der Waals surface area contributed by atoms with Crippen molar-refractivity contribution in [2.45, 2.75) is 53.4 Å². The number of carbonyl (C=O) groups excluding carboxylic acids is 3. The Morgan fingerprint density at radius 1 is 0.685 bits per heavy atom. The third-order valence-electron chi connectivity index (χ3n) is 8.45. The SMILES string of the molecule is CCc1c(C#Cc2cccc(C=O)c2OCOC)[nH]c(C(=O)/C=C(\OB(F)F)c2[nH]c(C#Cc3cccc(C=O)c3OCOC)c(CC)c2CC)c1CC. The van der Waals surface area contributed by atoms with Gasteiger partial charge in [-0.05, 0) is 84.0 Å². The minimum absolute atomic E-state index is 0.0926. The van der Waals surface area contributed by atoms with E-state index in [1.807, 2.05) is 27.7 Å². The lowest BCUT2D eigenvalue weighted by Gasteiger charge is -2.10. The lowest BCUT2D eigenvalue weighted by molar-refractivity contribution is 0.0501. The van der Waals surface area contributed by atoms with Gasteiger partial charge in [-0.1, -0.05) is 51.7 Å². The molecule has 2 aromatic carbocycles. The van der Waals surface area contributed by atoms with Crippen molar-refractivity contribution < 1.29 is 46.6 Å². The molecule has 0 saturated carbocycles. The molecule has 0 fully saturated rings. The van der Waals surface area contributed by atoms with Gasteiger partial charge in [0.05, 0.1) is 45.0 Å². The van der Waals surface area contributed by atoms with Crippen molar-refractivity contribution >= 4 is 31.6 Å². The van der Waals surface area contributed by atoms with Crippen LogP contribution in [0.25, 0.3) is 5.76 Å². The van der Waals surface area contributed by atoms with E-state index in [0.717, 1.165) is 17.2 Å². The molecule has 0 amide bonds. The number of rotatable bonds is 17. The summed E-state index contributed by atoms with van der Waals surface area (Å²) in [6, 6.07) is 9.92. The average molecular weight is 739 g/mol. The maximum Gasteiger partial charge on any atom is 0.796 e. The summed E-state index contributed by atoms with van der Waals surface area (Å²) >= 11 is 0. The summed E-state index contributed by atoms with van der Waals surface area (Å²) in [7, 11) is -0.322. The molecular formula is C41H41BF2N2O8. The number of methoxy groups -OCH3 is 2. The van der Waals surface area contributed by atoms with Crippen LogP contribution in [0.4, 0.5) is 8.63 Å². The number of para-hydroxylation sites is 2. The summed E-state index contributed by atoms with van der Waals surface area (Å²) in [4.78, 5) is 43.6. The van der Waals surface area contributed by atoms with Crippen LogP contribution < -0.4 is 9.47 Å². The molecule has 4 aromatic rings. The molecule has 0 spiro atoms. The maximum absolute atomic E-state index is 14.0. The van der Waals surface area contributed by atoms with Gasteiger partial charge in [-0.3, -0.25) is 14.4 Å². The lowest BCUT2D eigenvalue weighted by atomic mass is 10.00. The smallest absolute Gasteiger partial charge is 0.503 e. The van der Waals surface area contributed by atoms with Gasteiger partial charge in [0, 0.05) is 20.3 Å². The predicted octanol–water partition coefficient (Wildman–Crippen LogP) is 7.15. The van der Waals surface area contributed by atoms with Crippen LogP contribution in [0.5, 0.6) is 11.5 Å². The quantitative estimate of drug-likeness (QED) is 0.0223.